The third-order valence-electron chi connectivity index (χ3n) is 3.43. The zero-order valence-electron chi connectivity index (χ0n) is 12.1. The first-order valence-corrected chi connectivity index (χ1v) is 6.71. The zero-order valence-corrected chi connectivity index (χ0v) is 12.1. The molecular formula is C13H23N5O. The fourth-order valence-electron chi connectivity index (χ4n) is 2.18. The van der Waals surface area contributed by atoms with E-state index in [0.717, 1.165) is 25.5 Å². The summed E-state index contributed by atoms with van der Waals surface area (Å²) < 4.78 is 5.61. The summed E-state index contributed by atoms with van der Waals surface area (Å²) in [5.41, 5.74) is 6.67. The minimum atomic E-state index is 0.0523. The molecule has 1 saturated heterocycles. The van der Waals surface area contributed by atoms with Crippen molar-refractivity contribution in [3.63, 3.8) is 0 Å². The molecule has 1 aromatic heterocycles. The first-order chi connectivity index (χ1) is 8.99. The monoisotopic (exact) mass is 265 g/mol. The summed E-state index contributed by atoms with van der Waals surface area (Å²) in [5.74, 6) is 1.26. The number of nitrogens with zero attached hydrogens (tertiary/aromatic N) is 4. The predicted molar refractivity (Wildman–Crippen MR) is 76.5 cm³/mol. The van der Waals surface area contributed by atoms with Gasteiger partial charge in [-0.15, -0.1) is 0 Å². The largest absolute Gasteiger partial charge is 0.473 e. The van der Waals surface area contributed by atoms with E-state index < -0.39 is 0 Å². The topological polar surface area (TPSA) is 67.5 Å². The molecule has 0 amide bonds. The van der Waals surface area contributed by atoms with Crippen LogP contribution in [0.25, 0.3) is 0 Å². The number of nitrogens with two attached hydrogens (primary N) is 1. The molecule has 0 saturated carbocycles. The van der Waals surface area contributed by atoms with Crippen LogP contribution in [0, 0.1) is 0 Å². The van der Waals surface area contributed by atoms with Gasteiger partial charge in [0.25, 0.3) is 0 Å². The molecule has 2 N–H and O–H groups in total. The van der Waals surface area contributed by atoms with Crippen molar-refractivity contribution >= 4 is 11.5 Å². The van der Waals surface area contributed by atoms with Crippen molar-refractivity contribution in [3.8, 4) is 5.88 Å². The quantitative estimate of drug-likeness (QED) is 0.879. The van der Waals surface area contributed by atoms with Gasteiger partial charge in [-0.05, 0) is 27.8 Å². The van der Waals surface area contributed by atoms with Crippen molar-refractivity contribution in [2.45, 2.75) is 32.9 Å². The predicted octanol–water partition coefficient (Wildman–Crippen LogP) is 0.986. The van der Waals surface area contributed by atoms with Gasteiger partial charge in [0, 0.05) is 25.7 Å². The van der Waals surface area contributed by atoms with E-state index in [-0.39, 0.29) is 6.10 Å². The summed E-state index contributed by atoms with van der Waals surface area (Å²) in [5, 5.41) is 0. The van der Waals surface area contributed by atoms with E-state index in [1.54, 1.807) is 0 Å². The van der Waals surface area contributed by atoms with Crippen LogP contribution in [-0.4, -0.2) is 53.7 Å². The lowest BCUT2D eigenvalue weighted by Crippen LogP contribution is -2.50. The second-order valence-corrected chi connectivity index (χ2v) is 5.36. The molecule has 0 aromatic carbocycles. The second-order valence-electron chi connectivity index (χ2n) is 5.36. The average Bonchev–Trinajstić information content (AvgIpc) is 2.35. The molecular weight excluding hydrogens is 242 g/mol. The Morgan fingerprint density at radius 1 is 1.37 bits per heavy atom. The minimum Gasteiger partial charge on any atom is -0.473 e. The van der Waals surface area contributed by atoms with Gasteiger partial charge < -0.3 is 20.3 Å². The van der Waals surface area contributed by atoms with Gasteiger partial charge in [0.2, 0.25) is 5.88 Å². The normalized spacial score (nSPS) is 20.9. The van der Waals surface area contributed by atoms with Gasteiger partial charge in [0.15, 0.2) is 5.82 Å². The molecule has 1 atom stereocenters. The van der Waals surface area contributed by atoms with Gasteiger partial charge in [0.05, 0.1) is 6.10 Å². The maximum atomic E-state index is 6.14. The number of ether oxygens (including phenoxy) is 1. The van der Waals surface area contributed by atoms with Crippen LogP contribution >= 0.6 is 0 Å². The molecule has 19 heavy (non-hydrogen) atoms. The van der Waals surface area contributed by atoms with Crippen molar-refractivity contribution in [2.75, 3.05) is 37.3 Å². The number of aromatic nitrogens is 2. The molecule has 0 spiro atoms. The lowest BCUT2D eigenvalue weighted by Gasteiger charge is -2.38. The van der Waals surface area contributed by atoms with Crippen LogP contribution < -0.4 is 15.4 Å². The van der Waals surface area contributed by atoms with Gasteiger partial charge in [-0.25, -0.2) is 4.98 Å². The third kappa shape index (κ3) is 3.07. The van der Waals surface area contributed by atoms with Crippen LogP contribution in [0.1, 0.15) is 20.8 Å². The summed E-state index contributed by atoms with van der Waals surface area (Å²) in [4.78, 5) is 13.0. The summed E-state index contributed by atoms with van der Waals surface area (Å²) >= 11 is 0. The number of likely N-dealkylation sites (N-methyl/N-ethyl adjacent to an activating group) is 1. The molecule has 1 unspecified atom stereocenters. The number of anilines is 2. The number of piperazine rings is 1. The molecule has 6 heteroatoms. The molecule has 1 aliphatic rings. The molecule has 1 aromatic rings. The fraction of sp³-hybridized carbons (Fsp3) is 0.692. The van der Waals surface area contributed by atoms with Gasteiger partial charge in [-0.1, -0.05) is 0 Å². The molecule has 0 aliphatic carbocycles. The Balaban J connectivity index is 2.20. The van der Waals surface area contributed by atoms with Crippen LogP contribution in [0.5, 0.6) is 5.88 Å². The van der Waals surface area contributed by atoms with E-state index in [0.29, 0.717) is 17.6 Å². The highest BCUT2D eigenvalue weighted by Crippen LogP contribution is 2.29. The van der Waals surface area contributed by atoms with Crippen LogP contribution in [0.15, 0.2) is 6.33 Å². The van der Waals surface area contributed by atoms with E-state index in [1.165, 1.54) is 6.33 Å². The second kappa shape index (κ2) is 5.61. The van der Waals surface area contributed by atoms with Crippen molar-refractivity contribution in [3.05, 3.63) is 6.33 Å². The Kier molecular flexibility index (Phi) is 4.09. The van der Waals surface area contributed by atoms with E-state index in [9.17, 15) is 0 Å². The molecule has 2 heterocycles. The average molecular weight is 265 g/mol. The van der Waals surface area contributed by atoms with Crippen LogP contribution in [0.4, 0.5) is 11.5 Å². The van der Waals surface area contributed by atoms with Crippen molar-refractivity contribution in [1.82, 2.24) is 14.9 Å². The fourth-order valence-corrected chi connectivity index (χ4v) is 2.18. The maximum absolute atomic E-state index is 6.14. The molecule has 0 radical (unpaired) electrons. The lowest BCUT2D eigenvalue weighted by atomic mass is 10.2. The highest BCUT2D eigenvalue weighted by atomic mass is 16.5. The van der Waals surface area contributed by atoms with E-state index in [1.807, 2.05) is 13.8 Å². The summed E-state index contributed by atoms with van der Waals surface area (Å²) in [7, 11) is 2.14. The van der Waals surface area contributed by atoms with Crippen molar-refractivity contribution in [2.24, 2.45) is 0 Å². The molecule has 1 fully saturated rings. The molecule has 6 nitrogen and oxygen atoms in total. The molecule has 2 rings (SSSR count). The third-order valence-corrected chi connectivity index (χ3v) is 3.43. The van der Waals surface area contributed by atoms with Gasteiger partial charge >= 0.3 is 0 Å². The highest BCUT2D eigenvalue weighted by molar-refractivity contribution is 5.68. The van der Waals surface area contributed by atoms with E-state index >= 15 is 0 Å². The zero-order chi connectivity index (χ0) is 14.0. The van der Waals surface area contributed by atoms with Gasteiger partial charge in [0.1, 0.15) is 12.0 Å². The standard InChI is InChI=1S/C13H23N5O/c1-9(2)19-13-11(14)12(15-8-16-13)18-6-5-17(4)10(3)7-18/h8-10H,5-7,14H2,1-4H3. The Bertz CT molecular complexity index is 437. The minimum absolute atomic E-state index is 0.0523. The summed E-state index contributed by atoms with van der Waals surface area (Å²) in [6.45, 7) is 8.96. The number of nitrogen functional groups attached to an aromatic ring is 1. The summed E-state index contributed by atoms with van der Waals surface area (Å²) in [6.07, 6.45) is 1.57. The Hall–Kier alpha value is -1.56. The highest BCUT2D eigenvalue weighted by Gasteiger charge is 2.24. The number of hydrogen-bond acceptors (Lipinski definition) is 6. The Morgan fingerprint density at radius 2 is 2.11 bits per heavy atom. The van der Waals surface area contributed by atoms with Crippen LogP contribution in [0.2, 0.25) is 0 Å². The van der Waals surface area contributed by atoms with Crippen LogP contribution in [-0.2, 0) is 0 Å². The number of hydrogen-bond donors (Lipinski definition) is 1. The Labute approximate surface area is 114 Å². The summed E-state index contributed by atoms with van der Waals surface area (Å²) in [6, 6.07) is 0.484. The lowest BCUT2D eigenvalue weighted by molar-refractivity contribution is 0.230. The molecule has 1 aliphatic heterocycles. The first-order valence-electron chi connectivity index (χ1n) is 6.71. The van der Waals surface area contributed by atoms with E-state index in [4.69, 9.17) is 10.5 Å². The smallest absolute Gasteiger partial charge is 0.242 e. The SMILES string of the molecule is CC(C)Oc1ncnc(N2CCN(C)C(C)C2)c1N. The van der Waals surface area contributed by atoms with Crippen molar-refractivity contribution < 1.29 is 4.74 Å². The molecule has 0 bridgehead atoms. The Morgan fingerprint density at radius 3 is 2.74 bits per heavy atom. The van der Waals surface area contributed by atoms with Gasteiger partial charge in [-0.2, -0.15) is 4.98 Å². The first kappa shape index (κ1) is 13.9. The van der Waals surface area contributed by atoms with E-state index in [2.05, 4.69) is 33.7 Å². The van der Waals surface area contributed by atoms with Gasteiger partial charge in [-0.3, -0.25) is 0 Å². The molecule has 106 valence electrons. The van der Waals surface area contributed by atoms with Crippen molar-refractivity contribution in [1.29, 1.82) is 0 Å². The number of rotatable bonds is 3. The van der Waals surface area contributed by atoms with Crippen LogP contribution in [0.3, 0.4) is 0 Å². The maximum Gasteiger partial charge on any atom is 0.242 e.